The molecule has 0 fully saturated rings. The predicted octanol–water partition coefficient (Wildman–Crippen LogP) is 5.71. The summed E-state index contributed by atoms with van der Waals surface area (Å²) < 4.78 is 54.0. The number of rotatable bonds is 1. The maximum Gasteiger partial charge on any atom is 0.418 e. The normalized spacial score (nSPS) is 17.8. The van der Waals surface area contributed by atoms with Gasteiger partial charge in [-0.25, -0.2) is 4.39 Å². The van der Waals surface area contributed by atoms with Crippen LogP contribution >= 0.6 is 15.9 Å². The number of hydrogen-bond donors (Lipinski definition) is 1. The van der Waals surface area contributed by atoms with Gasteiger partial charge in [0, 0.05) is 10.0 Å². The second kappa shape index (κ2) is 5.57. The maximum atomic E-state index is 13.9. The number of anilines is 1. The highest BCUT2D eigenvalue weighted by Crippen LogP contribution is 2.43. The minimum Gasteiger partial charge on any atom is -0.377 e. The Labute approximate surface area is 133 Å². The van der Waals surface area contributed by atoms with Crippen LogP contribution in [0.25, 0.3) is 0 Å². The lowest BCUT2D eigenvalue weighted by atomic mass is 9.91. The van der Waals surface area contributed by atoms with E-state index in [9.17, 15) is 17.6 Å². The van der Waals surface area contributed by atoms with E-state index >= 15 is 0 Å². The van der Waals surface area contributed by atoms with Gasteiger partial charge in [0.05, 0.1) is 17.3 Å². The summed E-state index contributed by atoms with van der Waals surface area (Å²) in [7, 11) is 0. The molecule has 0 amide bonds. The van der Waals surface area contributed by atoms with Crippen molar-refractivity contribution in [1.29, 1.82) is 0 Å². The topological polar surface area (TPSA) is 12.0 Å². The lowest BCUT2D eigenvalue weighted by Crippen LogP contribution is -2.22. The molecule has 6 heteroatoms. The maximum absolute atomic E-state index is 13.9. The Morgan fingerprint density at radius 1 is 1.14 bits per heavy atom. The lowest BCUT2D eigenvalue weighted by molar-refractivity contribution is -0.137. The fraction of sp³-hybridized carbons (Fsp3) is 0.250. The van der Waals surface area contributed by atoms with E-state index in [1.54, 1.807) is 24.3 Å². The van der Waals surface area contributed by atoms with Gasteiger partial charge >= 0.3 is 6.18 Å². The molecular weight excluding hydrogens is 362 g/mol. The second-order valence-corrected chi connectivity index (χ2v) is 6.16. The first-order chi connectivity index (χ1) is 10.4. The zero-order chi connectivity index (χ0) is 15.9. The number of aryl methyl sites for hydroxylation is 1. The molecule has 2 aromatic carbocycles. The van der Waals surface area contributed by atoms with Crippen LogP contribution in [0.5, 0.6) is 0 Å². The minimum absolute atomic E-state index is 0.0511. The summed E-state index contributed by atoms with van der Waals surface area (Å²) in [4.78, 5) is 0. The Balaban J connectivity index is 2.04. The Kier molecular flexibility index (Phi) is 3.89. The number of nitrogens with one attached hydrogen (secondary N) is 1. The van der Waals surface area contributed by atoms with Crippen molar-refractivity contribution in [2.75, 3.05) is 5.32 Å². The van der Waals surface area contributed by atoms with Gasteiger partial charge in [0.2, 0.25) is 0 Å². The van der Waals surface area contributed by atoms with Crippen LogP contribution in [0.3, 0.4) is 0 Å². The highest BCUT2D eigenvalue weighted by Gasteiger charge is 2.37. The van der Waals surface area contributed by atoms with Crippen LogP contribution in [0.1, 0.15) is 29.2 Å². The summed E-state index contributed by atoms with van der Waals surface area (Å²) >= 11 is 3.12. The summed E-state index contributed by atoms with van der Waals surface area (Å²) in [6.07, 6.45) is -3.45. The van der Waals surface area contributed by atoms with E-state index < -0.39 is 23.6 Å². The molecule has 1 unspecified atom stereocenters. The predicted molar refractivity (Wildman–Crippen MR) is 80.2 cm³/mol. The molecule has 0 radical (unpaired) electrons. The third-order valence-corrected chi connectivity index (χ3v) is 4.25. The number of benzene rings is 2. The molecule has 1 heterocycles. The lowest BCUT2D eigenvalue weighted by Gasteiger charge is -2.30. The highest BCUT2D eigenvalue weighted by molar-refractivity contribution is 9.10. The van der Waals surface area contributed by atoms with Crippen LogP contribution in [0.2, 0.25) is 0 Å². The van der Waals surface area contributed by atoms with Crippen molar-refractivity contribution in [3.8, 4) is 0 Å². The van der Waals surface area contributed by atoms with E-state index in [2.05, 4.69) is 21.2 Å². The zero-order valence-corrected chi connectivity index (χ0v) is 12.9. The van der Waals surface area contributed by atoms with Gasteiger partial charge in [0.1, 0.15) is 5.82 Å². The van der Waals surface area contributed by atoms with Crippen molar-refractivity contribution in [2.45, 2.75) is 25.1 Å². The summed E-state index contributed by atoms with van der Waals surface area (Å²) in [5.41, 5.74) is 0.312. The number of alkyl halides is 3. The van der Waals surface area contributed by atoms with Crippen LogP contribution in [-0.4, -0.2) is 0 Å². The first-order valence-corrected chi connectivity index (χ1v) is 7.56. The van der Waals surface area contributed by atoms with Gasteiger partial charge in [0.25, 0.3) is 0 Å². The molecule has 1 atom stereocenters. The quantitative estimate of drug-likeness (QED) is 0.631. The molecule has 0 spiro atoms. The van der Waals surface area contributed by atoms with Gasteiger partial charge in [-0.1, -0.05) is 34.1 Å². The average molecular weight is 374 g/mol. The molecule has 0 bridgehead atoms. The fourth-order valence-electron chi connectivity index (χ4n) is 2.79. The molecule has 2 aromatic rings. The molecule has 1 aliphatic rings. The molecule has 1 N–H and O–H groups in total. The summed E-state index contributed by atoms with van der Waals surface area (Å²) in [5.74, 6) is -0.408. The number of fused-ring (bicyclic) bond motifs is 1. The van der Waals surface area contributed by atoms with Gasteiger partial charge in [-0.15, -0.1) is 0 Å². The SMILES string of the molecule is Fc1ccccc1C1CCc2cc(Br)cc(C(F)(F)F)c2N1. The first-order valence-electron chi connectivity index (χ1n) is 6.77. The second-order valence-electron chi connectivity index (χ2n) is 5.24. The van der Waals surface area contributed by atoms with Crippen LogP contribution < -0.4 is 5.32 Å². The largest absolute Gasteiger partial charge is 0.418 e. The van der Waals surface area contributed by atoms with Crippen LogP contribution in [0, 0.1) is 5.82 Å². The zero-order valence-electron chi connectivity index (χ0n) is 11.3. The van der Waals surface area contributed by atoms with E-state index in [4.69, 9.17) is 0 Å². The van der Waals surface area contributed by atoms with E-state index in [-0.39, 0.29) is 5.69 Å². The molecule has 22 heavy (non-hydrogen) atoms. The molecule has 116 valence electrons. The van der Waals surface area contributed by atoms with Gasteiger partial charge in [-0.3, -0.25) is 0 Å². The van der Waals surface area contributed by atoms with E-state index in [0.29, 0.717) is 28.4 Å². The minimum atomic E-state index is -4.46. The third kappa shape index (κ3) is 2.84. The van der Waals surface area contributed by atoms with Crippen LogP contribution in [0.15, 0.2) is 40.9 Å². The van der Waals surface area contributed by atoms with E-state index in [0.717, 1.165) is 6.07 Å². The summed E-state index contributed by atoms with van der Waals surface area (Å²) in [6.45, 7) is 0. The van der Waals surface area contributed by atoms with E-state index in [1.165, 1.54) is 6.07 Å². The smallest absolute Gasteiger partial charge is 0.377 e. The molecule has 1 aliphatic heterocycles. The number of hydrogen-bond acceptors (Lipinski definition) is 1. The first kappa shape index (κ1) is 15.3. The standard InChI is InChI=1S/C16H12BrF4N/c17-10-7-9-5-6-14(11-3-1-2-4-13(11)18)22-15(9)12(8-10)16(19,20)21/h1-4,7-8,14,22H,5-6H2. The Bertz CT molecular complexity index is 712. The van der Waals surface area contributed by atoms with Crippen molar-refractivity contribution < 1.29 is 17.6 Å². The van der Waals surface area contributed by atoms with Gasteiger partial charge in [-0.05, 0) is 36.6 Å². The van der Waals surface area contributed by atoms with E-state index in [1.807, 2.05) is 0 Å². The van der Waals surface area contributed by atoms with Crippen molar-refractivity contribution in [1.82, 2.24) is 0 Å². The molecule has 0 aliphatic carbocycles. The molecule has 0 saturated carbocycles. The summed E-state index contributed by atoms with van der Waals surface area (Å²) in [6, 6.07) is 8.43. The van der Waals surface area contributed by atoms with Crippen molar-refractivity contribution in [2.24, 2.45) is 0 Å². The number of halogens is 5. The fourth-order valence-corrected chi connectivity index (χ4v) is 3.30. The highest BCUT2D eigenvalue weighted by atomic mass is 79.9. The molecule has 3 rings (SSSR count). The van der Waals surface area contributed by atoms with Gasteiger partial charge < -0.3 is 5.32 Å². The molecule has 0 saturated heterocycles. The van der Waals surface area contributed by atoms with Gasteiger partial charge in [-0.2, -0.15) is 13.2 Å². The Morgan fingerprint density at radius 3 is 2.55 bits per heavy atom. The average Bonchev–Trinajstić information content (AvgIpc) is 2.45. The monoisotopic (exact) mass is 373 g/mol. The van der Waals surface area contributed by atoms with Crippen LogP contribution in [-0.2, 0) is 12.6 Å². The van der Waals surface area contributed by atoms with Gasteiger partial charge in [0.15, 0.2) is 0 Å². The van der Waals surface area contributed by atoms with Crippen LogP contribution in [0.4, 0.5) is 23.2 Å². The molecular formula is C16H12BrF4N. The van der Waals surface area contributed by atoms with Crippen molar-refractivity contribution in [3.05, 3.63) is 63.4 Å². The molecule has 1 nitrogen and oxygen atoms in total. The summed E-state index contributed by atoms with van der Waals surface area (Å²) in [5, 5.41) is 2.88. The van der Waals surface area contributed by atoms with Crippen molar-refractivity contribution in [3.63, 3.8) is 0 Å². The molecule has 0 aromatic heterocycles. The van der Waals surface area contributed by atoms with Crippen molar-refractivity contribution >= 4 is 21.6 Å². The Hall–Kier alpha value is -1.56. The third-order valence-electron chi connectivity index (χ3n) is 3.79. The Morgan fingerprint density at radius 2 is 1.86 bits per heavy atom.